The smallest absolute Gasteiger partial charge is 0.306 e. The summed E-state index contributed by atoms with van der Waals surface area (Å²) in [5, 5.41) is 8.90. The summed E-state index contributed by atoms with van der Waals surface area (Å²) >= 11 is 0. The van der Waals surface area contributed by atoms with Crippen LogP contribution in [0.4, 0.5) is 0 Å². The number of esters is 1. The molecule has 0 aromatic rings. The van der Waals surface area contributed by atoms with Gasteiger partial charge in [0.25, 0.3) is 0 Å². The Balaban J connectivity index is 2.54. The first-order chi connectivity index (χ1) is 5.65. The van der Waals surface area contributed by atoms with Gasteiger partial charge in [0.2, 0.25) is 0 Å². The number of hydrogen-bond donors (Lipinski definition) is 1. The molecule has 0 amide bonds. The van der Waals surface area contributed by atoms with Gasteiger partial charge in [-0.3, -0.25) is 4.79 Å². The molecule has 12 heavy (non-hydrogen) atoms. The highest BCUT2D eigenvalue weighted by Crippen LogP contribution is 2.26. The van der Waals surface area contributed by atoms with Crippen LogP contribution in [0.5, 0.6) is 0 Å². The first-order valence-electron chi connectivity index (χ1n) is 4.45. The van der Waals surface area contributed by atoms with E-state index in [0.29, 0.717) is 12.3 Å². The Morgan fingerprint density at radius 2 is 2.42 bits per heavy atom. The van der Waals surface area contributed by atoms with Crippen LogP contribution in [0.15, 0.2) is 0 Å². The molecule has 1 aliphatic heterocycles. The van der Waals surface area contributed by atoms with E-state index in [1.807, 2.05) is 6.92 Å². The van der Waals surface area contributed by atoms with Crippen LogP contribution < -0.4 is 0 Å². The summed E-state index contributed by atoms with van der Waals surface area (Å²) in [6, 6.07) is 0. The second-order valence-corrected chi connectivity index (χ2v) is 3.63. The van der Waals surface area contributed by atoms with Crippen molar-refractivity contribution >= 4 is 5.97 Å². The SMILES string of the molecule is C[C@H](CO)[C@H]1OC(=O)CC[C@H]1C. The van der Waals surface area contributed by atoms with Crippen molar-refractivity contribution in [1.29, 1.82) is 0 Å². The number of carbonyl (C=O) groups excluding carboxylic acids is 1. The largest absolute Gasteiger partial charge is 0.462 e. The molecule has 0 bridgehead atoms. The van der Waals surface area contributed by atoms with Crippen LogP contribution in [0.2, 0.25) is 0 Å². The average Bonchev–Trinajstić information content (AvgIpc) is 2.08. The van der Waals surface area contributed by atoms with E-state index in [0.717, 1.165) is 6.42 Å². The summed E-state index contributed by atoms with van der Waals surface area (Å²) in [5.74, 6) is 0.312. The van der Waals surface area contributed by atoms with Crippen molar-refractivity contribution in [1.82, 2.24) is 0 Å². The number of hydrogen-bond acceptors (Lipinski definition) is 3. The van der Waals surface area contributed by atoms with Gasteiger partial charge < -0.3 is 9.84 Å². The van der Waals surface area contributed by atoms with Crippen molar-refractivity contribution in [3.63, 3.8) is 0 Å². The predicted octanol–water partition coefficient (Wildman–Crippen LogP) is 0.956. The Kier molecular flexibility index (Phi) is 3.09. The molecule has 1 aliphatic rings. The fraction of sp³-hybridized carbons (Fsp3) is 0.889. The van der Waals surface area contributed by atoms with E-state index >= 15 is 0 Å². The summed E-state index contributed by atoms with van der Waals surface area (Å²) in [4.78, 5) is 10.9. The Morgan fingerprint density at radius 1 is 1.75 bits per heavy atom. The second kappa shape index (κ2) is 3.90. The fourth-order valence-corrected chi connectivity index (χ4v) is 1.62. The van der Waals surface area contributed by atoms with E-state index in [2.05, 4.69) is 6.92 Å². The van der Waals surface area contributed by atoms with Crippen LogP contribution in [0, 0.1) is 11.8 Å². The quantitative estimate of drug-likeness (QED) is 0.631. The van der Waals surface area contributed by atoms with Crippen LogP contribution >= 0.6 is 0 Å². The number of ether oxygens (including phenoxy) is 1. The maximum absolute atomic E-state index is 10.9. The number of aliphatic hydroxyl groups is 1. The molecule has 0 aromatic heterocycles. The van der Waals surface area contributed by atoms with Gasteiger partial charge >= 0.3 is 5.97 Å². The molecule has 3 atom stereocenters. The summed E-state index contributed by atoms with van der Waals surface area (Å²) in [6.07, 6.45) is 1.32. The van der Waals surface area contributed by atoms with Gasteiger partial charge in [-0.15, -0.1) is 0 Å². The molecule has 1 fully saturated rings. The summed E-state index contributed by atoms with van der Waals surface area (Å²) in [7, 11) is 0. The van der Waals surface area contributed by atoms with Gasteiger partial charge in [0.15, 0.2) is 0 Å². The minimum Gasteiger partial charge on any atom is -0.462 e. The van der Waals surface area contributed by atoms with Crippen LogP contribution in [-0.4, -0.2) is 23.8 Å². The number of cyclic esters (lactones) is 1. The zero-order chi connectivity index (χ0) is 9.14. The van der Waals surface area contributed by atoms with E-state index < -0.39 is 0 Å². The van der Waals surface area contributed by atoms with E-state index in [4.69, 9.17) is 9.84 Å². The van der Waals surface area contributed by atoms with Gasteiger partial charge in [0.05, 0.1) is 0 Å². The first-order valence-corrected chi connectivity index (χ1v) is 4.45. The molecule has 0 aromatic carbocycles. The Bertz CT molecular complexity index is 163. The topological polar surface area (TPSA) is 46.5 Å². The van der Waals surface area contributed by atoms with Crippen LogP contribution in [0.3, 0.4) is 0 Å². The summed E-state index contributed by atoms with van der Waals surface area (Å²) in [5.41, 5.74) is 0. The second-order valence-electron chi connectivity index (χ2n) is 3.63. The Hall–Kier alpha value is -0.570. The van der Waals surface area contributed by atoms with Crippen molar-refractivity contribution in [3.05, 3.63) is 0 Å². The van der Waals surface area contributed by atoms with Crippen molar-refractivity contribution in [2.45, 2.75) is 32.8 Å². The van der Waals surface area contributed by atoms with Gasteiger partial charge in [-0.2, -0.15) is 0 Å². The average molecular weight is 172 g/mol. The molecular weight excluding hydrogens is 156 g/mol. The van der Waals surface area contributed by atoms with Gasteiger partial charge in [0, 0.05) is 18.9 Å². The first kappa shape index (κ1) is 9.52. The Morgan fingerprint density at radius 3 is 3.00 bits per heavy atom. The van der Waals surface area contributed by atoms with Gasteiger partial charge in [-0.25, -0.2) is 0 Å². The maximum Gasteiger partial charge on any atom is 0.306 e. The lowest BCUT2D eigenvalue weighted by atomic mass is 9.88. The highest BCUT2D eigenvalue weighted by atomic mass is 16.5. The lowest BCUT2D eigenvalue weighted by Crippen LogP contribution is -2.37. The fourth-order valence-electron chi connectivity index (χ4n) is 1.62. The standard InChI is InChI=1S/C9H16O3/c1-6-3-4-8(11)12-9(6)7(2)5-10/h6-7,9-10H,3-5H2,1-2H3/t6-,7-,9+/m1/s1. The van der Waals surface area contributed by atoms with E-state index in [1.165, 1.54) is 0 Å². The van der Waals surface area contributed by atoms with Gasteiger partial charge in [0.1, 0.15) is 6.10 Å². The lowest BCUT2D eigenvalue weighted by molar-refractivity contribution is -0.162. The molecule has 0 aliphatic carbocycles. The van der Waals surface area contributed by atoms with Gasteiger partial charge in [-0.1, -0.05) is 13.8 Å². The van der Waals surface area contributed by atoms with E-state index in [-0.39, 0.29) is 24.6 Å². The molecule has 0 unspecified atom stereocenters. The molecule has 1 heterocycles. The molecule has 0 radical (unpaired) electrons. The summed E-state index contributed by atoms with van der Waals surface area (Å²) in [6.45, 7) is 4.05. The van der Waals surface area contributed by atoms with Crippen molar-refractivity contribution in [2.75, 3.05) is 6.61 Å². The van der Waals surface area contributed by atoms with E-state index in [1.54, 1.807) is 0 Å². The minimum atomic E-state index is -0.126. The Labute approximate surface area is 72.7 Å². The van der Waals surface area contributed by atoms with Crippen molar-refractivity contribution in [2.24, 2.45) is 11.8 Å². The molecular formula is C9H16O3. The van der Waals surface area contributed by atoms with Gasteiger partial charge in [-0.05, 0) is 12.3 Å². The van der Waals surface area contributed by atoms with Crippen LogP contribution in [0.25, 0.3) is 0 Å². The zero-order valence-corrected chi connectivity index (χ0v) is 7.62. The van der Waals surface area contributed by atoms with Crippen LogP contribution in [-0.2, 0) is 9.53 Å². The molecule has 1 N–H and O–H groups in total. The normalized spacial score (nSPS) is 32.8. The third-order valence-electron chi connectivity index (χ3n) is 2.48. The lowest BCUT2D eigenvalue weighted by Gasteiger charge is -2.32. The van der Waals surface area contributed by atoms with Crippen LogP contribution in [0.1, 0.15) is 26.7 Å². The molecule has 3 nitrogen and oxygen atoms in total. The van der Waals surface area contributed by atoms with Crippen molar-refractivity contribution < 1.29 is 14.6 Å². The predicted molar refractivity (Wildman–Crippen MR) is 44.5 cm³/mol. The van der Waals surface area contributed by atoms with E-state index in [9.17, 15) is 4.79 Å². The molecule has 3 heteroatoms. The highest BCUT2D eigenvalue weighted by molar-refractivity contribution is 5.70. The molecule has 0 spiro atoms. The van der Waals surface area contributed by atoms with Crippen molar-refractivity contribution in [3.8, 4) is 0 Å². The number of aliphatic hydroxyl groups excluding tert-OH is 1. The minimum absolute atomic E-state index is 0.0595. The third kappa shape index (κ3) is 1.97. The molecule has 0 saturated carbocycles. The number of carbonyl (C=O) groups is 1. The third-order valence-corrected chi connectivity index (χ3v) is 2.48. The molecule has 1 saturated heterocycles. The molecule has 1 rings (SSSR count). The molecule has 70 valence electrons. The highest BCUT2D eigenvalue weighted by Gasteiger charge is 2.31. The maximum atomic E-state index is 10.9. The summed E-state index contributed by atoms with van der Waals surface area (Å²) < 4.78 is 5.15. The number of rotatable bonds is 2. The monoisotopic (exact) mass is 172 g/mol. The zero-order valence-electron chi connectivity index (χ0n) is 7.62.